The molecule has 1 saturated carbocycles. The molecule has 0 aromatic carbocycles. The Morgan fingerprint density at radius 2 is 2.00 bits per heavy atom. The molecule has 1 unspecified atom stereocenters. The Balaban J connectivity index is 1.81. The van der Waals surface area contributed by atoms with Crippen molar-refractivity contribution in [3.8, 4) is 0 Å². The second kappa shape index (κ2) is 4.30. The molecule has 1 amide bonds. The fraction of sp³-hybridized carbons (Fsp3) is 0.909. The molecule has 0 aromatic heterocycles. The maximum absolute atomic E-state index is 11.4. The van der Waals surface area contributed by atoms with Gasteiger partial charge in [-0.15, -0.1) is 0 Å². The molecular weight excluding hydrogens is 178 g/mol. The minimum absolute atomic E-state index is 0.142. The Labute approximate surface area is 85.1 Å². The standard InChI is InChI=1S/C11H19NO2/c13-10-6-11(14)12(8-10)7-9-4-2-1-3-5-9/h9-10,13H,1-8H2. The zero-order valence-corrected chi connectivity index (χ0v) is 8.61. The maximum atomic E-state index is 11.4. The lowest BCUT2D eigenvalue weighted by Gasteiger charge is -2.26. The number of β-amino-alcohol motifs (C(OH)–C–C–N with tert-alkyl or cyclic N) is 1. The lowest BCUT2D eigenvalue weighted by atomic mass is 9.89. The summed E-state index contributed by atoms with van der Waals surface area (Å²) in [7, 11) is 0. The average Bonchev–Trinajstić information content (AvgIpc) is 2.47. The number of hydrogen-bond acceptors (Lipinski definition) is 2. The second-order valence-electron chi connectivity index (χ2n) is 4.66. The molecule has 1 N–H and O–H groups in total. The van der Waals surface area contributed by atoms with Gasteiger partial charge < -0.3 is 10.0 Å². The molecular formula is C11H19NO2. The van der Waals surface area contributed by atoms with Crippen LogP contribution in [-0.4, -0.2) is 35.1 Å². The quantitative estimate of drug-likeness (QED) is 0.721. The number of hydrogen-bond donors (Lipinski definition) is 1. The van der Waals surface area contributed by atoms with E-state index in [0.29, 0.717) is 18.9 Å². The van der Waals surface area contributed by atoms with Crippen LogP contribution in [0.3, 0.4) is 0 Å². The zero-order chi connectivity index (χ0) is 9.97. The van der Waals surface area contributed by atoms with E-state index < -0.39 is 6.10 Å². The number of likely N-dealkylation sites (tertiary alicyclic amines) is 1. The van der Waals surface area contributed by atoms with E-state index in [1.807, 2.05) is 4.90 Å². The summed E-state index contributed by atoms with van der Waals surface area (Å²) in [6.45, 7) is 1.45. The zero-order valence-electron chi connectivity index (χ0n) is 8.61. The van der Waals surface area contributed by atoms with Crippen molar-refractivity contribution in [3.05, 3.63) is 0 Å². The minimum atomic E-state index is -0.411. The van der Waals surface area contributed by atoms with Crippen LogP contribution in [0, 0.1) is 5.92 Å². The van der Waals surface area contributed by atoms with E-state index in [0.717, 1.165) is 6.54 Å². The van der Waals surface area contributed by atoms with Crippen LogP contribution in [0.2, 0.25) is 0 Å². The van der Waals surface area contributed by atoms with Crippen molar-refractivity contribution in [2.45, 2.75) is 44.6 Å². The van der Waals surface area contributed by atoms with Crippen LogP contribution in [0.15, 0.2) is 0 Å². The molecule has 1 atom stereocenters. The van der Waals surface area contributed by atoms with Gasteiger partial charge in [-0.1, -0.05) is 19.3 Å². The van der Waals surface area contributed by atoms with Gasteiger partial charge in [-0.25, -0.2) is 0 Å². The van der Waals surface area contributed by atoms with Gasteiger partial charge in [0.2, 0.25) is 5.91 Å². The molecule has 1 heterocycles. The summed E-state index contributed by atoms with van der Waals surface area (Å²) >= 11 is 0. The van der Waals surface area contributed by atoms with E-state index in [1.165, 1.54) is 32.1 Å². The van der Waals surface area contributed by atoms with Gasteiger partial charge in [0.1, 0.15) is 0 Å². The molecule has 0 bridgehead atoms. The first kappa shape index (κ1) is 9.97. The molecule has 80 valence electrons. The van der Waals surface area contributed by atoms with Crippen LogP contribution in [0.5, 0.6) is 0 Å². The molecule has 14 heavy (non-hydrogen) atoms. The Morgan fingerprint density at radius 1 is 1.29 bits per heavy atom. The van der Waals surface area contributed by atoms with Crippen molar-refractivity contribution in [1.82, 2.24) is 4.90 Å². The summed E-state index contributed by atoms with van der Waals surface area (Å²) in [6.07, 6.45) is 6.44. The van der Waals surface area contributed by atoms with Crippen LogP contribution < -0.4 is 0 Å². The monoisotopic (exact) mass is 197 g/mol. The fourth-order valence-corrected chi connectivity index (χ4v) is 2.61. The Morgan fingerprint density at radius 3 is 2.57 bits per heavy atom. The van der Waals surface area contributed by atoms with E-state index in [2.05, 4.69) is 0 Å². The molecule has 3 heteroatoms. The first-order valence-corrected chi connectivity index (χ1v) is 5.71. The summed E-state index contributed by atoms with van der Waals surface area (Å²) in [4.78, 5) is 13.3. The highest BCUT2D eigenvalue weighted by Gasteiger charge is 2.29. The molecule has 1 saturated heterocycles. The molecule has 1 aliphatic heterocycles. The van der Waals surface area contributed by atoms with Crippen molar-refractivity contribution in [3.63, 3.8) is 0 Å². The van der Waals surface area contributed by atoms with Gasteiger partial charge in [0.05, 0.1) is 12.5 Å². The third-order valence-electron chi connectivity index (χ3n) is 3.40. The first-order chi connectivity index (χ1) is 6.75. The third kappa shape index (κ3) is 2.27. The Hall–Kier alpha value is -0.570. The summed E-state index contributed by atoms with van der Waals surface area (Å²) < 4.78 is 0. The maximum Gasteiger partial charge on any atom is 0.225 e. The van der Waals surface area contributed by atoms with Gasteiger partial charge in [-0.3, -0.25) is 4.79 Å². The first-order valence-electron chi connectivity index (χ1n) is 5.71. The lowest BCUT2D eigenvalue weighted by Crippen LogP contribution is -2.32. The van der Waals surface area contributed by atoms with E-state index in [1.54, 1.807) is 0 Å². The predicted molar refractivity (Wildman–Crippen MR) is 53.8 cm³/mol. The largest absolute Gasteiger partial charge is 0.391 e. The Bertz CT molecular complexity index is 211. The molecule has 0 radical (unpaired) electrons. The van der Waals surface area contributed by atoms with Crippen LogP contribution in [0.1, 0.15) is 38.5 Å². The SMILES string of the molecule is O=C1CC(O)CN1CC1CCCCC1. The lowest BCUT2D eigenvalue weighted by molar-refractivity contribution is -0.128. The van der Waals surface area contributed by atoms with Crippen LogP contribution in [0.25, 0.3) is 0 Å². The van der Waals surface area contributed by atoms with E-state index in [9.17, 15) is 9.90 Å². The number of rotatable bonds is 2. The molecule has 0 spiro atoms. The summed E-state index contributed by atoms with van der Waals surface area (Å²) in [5.74, 6) is 0.834. The average molecular weight is 197 g/mol. The molecule has 2 fully saturated rings. The fourth-order valence-electron chi connectivity index (χ4n) is 2.61. The van der Waals surface area contributed by atoms with E-state index >= 15 is 0 Å². The third-order valence-corrected chi connectivity index (χ3v) is 3.40. The minimum Gasteiger partial charge on any atom is -0.391 e. The van der Waals surface area contributed by atoms with Crippen molar-refractivity contribution < 1.29 is 9.90 Å². The van der Waals surface area contributed by atoms with Crippen molar-refractivity contribution >= 4 is 5.91 Å². The summed E-state index contributed by atoms with van der Waals surface area (Å²) in [5.41, 5.74) is 0. The number of carbonyl (C=O) groups excluding carboxylic acids is 1. The van der Waals surface area contributed by atoms with Crippen LogP contribution >= 0.6 is 0 Å². The van der Waals surface area contributed by atoms with E-state index in [-0.39, 0.29) is 5.91 Å². The van der Waals surface area contributed by atoms with E-state index in [4.69, 9.17) is 0 Å². The number of aliphatic hydroxyl groups is 1. The molecule has 0 aromatic rings. The predicted octanol–water partition coefficient (Wildman–Crippen LogP) is 1.16. The van der Waals surface area contributed by atoms with Gasteiger partial charge >= 0.3 is 0 Å². The van der Waals surface area contributed by atoms with Gasteiger partial charge in [0.25, 0.3) is 0 Å². The highest BCUT2D eigenvalue weighted by molar-refractivity contribution is 5.78. The van der Waals surface area contributed by atoms with Gasteiger partial charge in [0, 0.05) is 13.1 Å². The molecule has 2 rings (SSSR count). The molecule has 2 aliphatic rings. The normalized spacial score (nSPS) is 29.9. The summed E-state index contributed by atoms with van der Waals surface area (Å²) in [5, 5.41) is 9.34. The number of carbonyl (C=O) groups is 1. The number of nitrogens with zero attached hydrogens (tertiary/aromatic N) is 1. The van der Waals surface area contributed by atoms with Crippen molar-refractivity contribution in [2.75, 3.05) is 13.1 Å². The number of aliphatic hydroxyl groups excluding tert-OH is 1. The second-order valence-corrected chi connectivity index (χ2v) is 4.66. The molecule has 1 aliphatic carbocycles. The highest BCUT2D eigenvalue weighted by atomic mass is 16.3. The van der Waals surface area contributed by atoms with Gasteiger partial charge in [-0.05, 0) is 18.8 Å². The van der Waals surface area contributed by atoms with Gasteiger partial charge in [-0.2, -0.15) is 0 Å². The highest BCUT2D eigenvalue weighted by Crippen LogP contribution is 2.25. The molecule has 3 nitrogen and oxygen atoms in total. The van der Waals surface area contributed by atoms with Gasteiger partial charge in [0.15, 0.2) is 0 Å². The number of amides is 1. The van der Waals surface area contributed by atoms with Crippen LogP contribution in [-0.2, 0) is 4.79 Å². The Kier molecular flexibility index (Phi) is 3.06. The smallest absolute Gasteiger partial charge is 0.225 e. The topological polar surface area (TPSA) is 40.5 Å². The summed E-state index contributed by atoms with van der Waals surface area (Å²) in [6, 6.07) is 0. The van der Waals surface area contributed by atoms with Crippen LogP contribution in [0.4, 0.5) is 0 Å². The van der Waals surface area contributed by atoms with Crippen molar-refractivity contribution in [2.24, 2.45) is 5.92 Å². The van der Waals surface area contributed by atoms with Crippen molar-refractivity contribution in [1.29, 1.82) is 0 Å².